The SMILES string of the molecule is O=C(N/N=C/c1c2ccccc2c(Cl)c2ccccc12)c1ccc2c(c1)OCO2. The van der Waals surface area contributed by atoms with Crippen molar-refractivity contribution in [2.75, 3.05) is 6.79 Å². The normalized spacial score (nSPS) is 12.7. The Morgan fingerprint density at radius 1 is 0.897 bits per heavy atom. The highest BCUT2D eigenvalue weighted by Gasteiger charge is 2.16. The molecular formula is C23H15ClN2O3. The van der Waals surface area contributed by atoms with E-state index in [1.54, 1.807) is 24.4 Å². The van der Waals surface area contributed by atoms with Crippen LogP contribution < -0.4 is 14.9 Å². The second-order valence-corrected chi connectivity index (χ2v) is 6.96. The first kappa shape index (κ1) is 17.5. The molecule has 4 aromatic carbocycles. The number of hydrogen-bond donors (Lipinski definition) is 1. The van der Waals surface area contributed by atoms with E-state index < -0.39 is 0 Å². The molecular weight excluding hydrogens is 388 g/mol. The number of ether oxygens (including phenoxy) is 2. The van der Waals surface area contributed by atoms with Gasteiger partial charge in [-0.15, -0.1) is 0 Å². The lowest BCUT2D eigenvalue weighted by molar-refractivity contribution is 0.0954. The molecule has 0 saturated heterocycles. The molecule has 1 heterocycles. The molecule has 0 fully saturated rings. The zero-order valence-corrected chi connectivity index (χ0v) is 15.9. The third kappa shape index (κ3) is 3.05. The first-order chi connectivity index (χ1) is 14.2. The minimum Gasteiger partial charge on any atom is -0.454 e. The van der Waals surface area contributed by atoms with E-state index in [-0.39, 0.29) is 12.7 Å². The summed E-state index contributed by atoms with van der Waals surface area (Å²) in [7, 11) is 0. The molecule has 1 aliphatic heterocycles. The smallest absolute Gasteiger partial charge is 0.271 e. The van der Waals surface area contributed by atoms with Crippen LogP contribution in [0.15, 0.2) is 71.8 Å². The standard InChI is InChI=1S/C23H15ClN2O3/c24-22-17-7-3-1-5-15(17)19(16-6-2-4-8-18(16)22)12-25-26-23(27)14-9-10-20-21(11-14)29-13-28-20/h1-12H,13H2,(H,26,27)/b25-12+. The Labute approximate surface area is 171 Å². The quantitative estimate of drug-likeness (QED) is 0.293. The zero-order valence-electron chi connectivity index (χ0n) is 15.2. The minimum atomic E-state index is -0.331. The summed E-state index contributed by atoms with van der Waals surface area (Å²) >= 11 is 6.62. The van der Waals surface area contributed by atoms with Crippen LogP contribution in [0.1, 0.15) is 15.9 Å². The van der Waals surface area contributed by atoms with Crippen LogP contribution in [-0.4, -0.2) is 18.9 Å². The van der Waals surface area contributed by atoms with E-state index in [9.17, 15) is 4.79 Å². The molecule has 6 heteroatoms. The summed E-state index contributed by atoms with van der Waals surface area (Å²) in [6.07, 6.45) is 1.66. The number of nitrogens with one attached hydrogen (secondary N) is 1. The Balaban J connectivity index is 1.50. The minimum absolute atomic E-state index is 0.162. The maximum atomic E-state index is 12.5. The second kappa shape index (κ2) is 7.11. The van der Waals surface area contributed by atoms with Gasteiger partial charge >= 0.3 is 0 Å². The van der Waals surface area contributed by atoms with Crippen molar-refractivity contribution in [2.24, 2.45) is 5.10 Å². The van der Waals surface area contributed by atoms with Gasteiger partial charge in [0.1, 0.15) is 0 Å². The average molecular weight is 403 g/mol. The Bertz CT molecular complexity index is 1240. The van der Waals surface area contributed by atoms with Gasteiger partial charge in [0.2, 0.25) is 6.79 Å². The number of rotatable bonds is 3. The van der Waals surface area contributed by atoms with Crippen molar-refractivity contribution in [1.29, 1.82) is 0 Å². The predicted molar refractivity (Wildman–Crippen MR) is 114 cm³/mol. The number of amides is 1. The average Bonchev–Trinajstić information content (AvgIpc) is 3.24. The van der Waals surface area contributed by atoms with Crippen LogP contribution in [0.5, 0.6) is 11.5 Å². The Morgan fingerprint density at radius 3 is 2.21 bits per heavy atom. The Morgan fingerprint density at radius 2 is 1.52 bits per heavy atom. The highest BCUT2D eigenvalue weighted by atomic mass is 35.5. The molecule has 0 atom stereocenters. The fourth-order valence-corrected chi connectivity index (χ4v) is 3.84. The van der Waals surface area contributed by atoms with E-state index in [1.165, 1.54) is 0 Å². The molecule has 5 rings (SSSR count). The Hall–Kier alpha value is -3.57. The van der Waals surface area contributed by atoms with Crippen molar-refractivity contribution in [1.82, 2.24) is 5.43 Å². The van der Waals surface area contributed by atoms with Crippen LogP contribution in [0.2, 0.25) is 5.02 Å². The van der Waals surface area contributed by atoms with Gasteiger partial charge in [-0.2, -0.15) is 5.10 Å². The molecule has 0 aromatic heterocycles. The summed E-state index contributed by atoms with van der Waals surface area (Å²) in [5.41, 5.74) is 3.92. The maximum absolute atomic E-state index is 12.5. The summed E-state index contributed by atoms with van der Waals surface area (Å²) in [6, 6.07) is 20.8. The zero-order chi connectivity index (χ0) is 19.8. The molecule has 4 aromatic rings. The van der Waals surface area contributed by atoms with Gasteiger partial charge < -0.3 is 9.47 Å². The topological polar surface area (TPSA) is 59.9 Å². The summed E-state index contributed by atoms with van der Waals surface area (Å²) in [5, 5.41) is 8.73. The number of benzene rings is 4. The number of hydrogen-bond acceptors (Lipinski definition) is 4. The van der Waals surface area contributed by atoms with Crippen molar-refractivity contribution in [2.45, 2.75) is 0 Å². The molecule has 1 N–H and O–H groups in total. The lowest BCUT2D eigenvalue weighted by Gasteiger charge is -2.10. The van der Waals surface area contributed by atoms with E-state index in [2.05, 4.69) is 10.5 Å². The lowest BCUT2D eigenvalue weighted by Crippen LogP contribution is -2.17. The fourth-order valence-electron chi connectivity index (χ4n) is 3.51. The van der Waals surface area contributed by atoms with Gasteiger partial charge in [0.25, 0.3) is 5.91 Å². The first-order valence-corrected chi connectivity index (χ1v) is 9.42. The van der Waals surface area contributed by atoms with Gasteiger partial charge in [-0.05, 0) is 29.0 Å². The van der Waals surface area contributed by atoms with E-state index in [4.69, 9.17) is 21.1 Å². The molecule has 1 aliphatic rings. The largest absolute Gasteiger partial charge is 0.454 e. The van der Waals surface area contributed by atoms with Crippen molar-refractivity contribution in [3.8, 4) is 11.5 Å². The third-order valence-electron chi connectivity index (χ3n) is 4.90. The summed E-state index contributed by atoms with van der Waals surface area (Å²) in [5.74, 6) is 0.850. The van der Waals surface area contributed by atoms with Gasteiger partial charge in [-0.1, -0.05) is 60.1 Å². The van der Waals surface area contributed by atoms with Crippen LogP contribution in [0, 0.1) is 0 Å². The van der Waals surface area contributed by atoms with Gasteiger partial charge in [-0.3, -0.25) is 4.79 Å². The van der Waals surface area contributed by atoms with Crippen molar-refractivity contribution in [3.05, 3.63) is 82.9 Å². The van der Waals surface area contributed by atoms with E-state index in [0.717, 1.165) is 27.1 Å². The summed E-state index contributed by atoms with van der Waals surface area (Å²) in [4.78, 5) is 12.5. The van der Waals surface area contributed by atoms with Crippen molar-refractivity contribution in [3.63, 3.8) is 0 Å². The molecule has 142 valence electrons. The summed E-state index contributed by atoms with van der Waals surface area (Å²) < 4.78 is 10.6. The van der Waals surface area contributed by atoms with Crippen LogP contribution >= 0.6 is 11.6 Å². The molecule has 29 heavy (non-hydrogen) atoms. The molecule has 1 amide bonds. The number of fused-ring (bicyclic) bond motifs is 3. The molecule has 0 unspecified atom stereocenters. The summed E-state index contributed by atoms with van der Waals surface area (Å²) in [6.45, 7) is 0.162. The lowest BCUT2D eigenvalue weighted by atomic mass is 9.97. The van der Waals surface area contributed by atoms with Crippen LogP contribution in [0.4, 0.5) is 0 Å². The fraction of sp³-hybridized carbons (Fsp3) is 0.0435. The van der Waals surface area contributed by atoms with Crippen LogP contribution in [0.3, 0.4) is 0 Å². The van der Waals surface area contributed by atoms with Gasteiger partial charge in [0.05, 0.1) is 11.2 Å². The van der Waals surface area contributed by atoms with Gasteiger partial charge in [-0.25, -0.2) is 5.43 Å². The first-order valence-electron chi connectivity index (χ1n) is 9.04. The Kier molecular flexibility index (Phi) is 4.30. The van der Waals surface area contributed by atoms with Gasteiger partial charge in [0.15, 0.2) is 11.5 Å². The molecule has 0 bridgehead atoms. The third-order valence-corrected chi connectivity index (χ3v) is 5.31. The van der Waals surface area contributed by atoms with Crippen LogP contribution in [-0.2, 0) is 0 Å². The van der Waals surface area contributed by atoms with E-state index >= 15 is 0 Å². The van der Waals surface area contributed by atoms with Gasteiger partial charge in [0, 0.05) is 21.9 Å². The number of halogens is 1. The maximum Gasteiger partial charge on any atom is 0.271 e. The molecule has 0 aliphatic carbocycles. The van der Waals surface area contributed by atoms with Crippen molar-refractivity contribution < 1.29 is 14.3 Å². The van der Waals surface area contributed by atoms with Crippen LogP contribution in [0.25, 0.3) is 21.5 Å². The number of carbonyl (C=O) groups is 1. The molecule has 5 nitrogen and oxygen atoms in total. The highest BCUT2D eigenvalue weighted by molar-refractivity contribution is 6.42. The number of carbonyl (C=O) groups excluding carboxylic acids is 1. The van der Waals surface area contributed by atoms with E-state index in [0.29, 0.717) is 22.1 Å². The number of hydrazone groups is 1. The second-order valence-electron chi connectivity index (χ2n) is 6.59. The van der Waals surface area contributed by atoms with E-state index in [1.807, 2.05) is 48.5 Å². The monoisotopic (exact) mass is 402 g/mol. The predicted octanol–water partition coefficient (Wildman–Crippen LogP) is 5.14. The van der Waals surface area contributed by atoms with Crippen molar-refractivity contribution >= 4 is 45.3 Å². The molecule has 0 saturated carbocycles. The highest BCUT2D eigenvalue weighted by Crippen LogP contribution is 2.35. The number of nitrogens with zero attached hydrogens (tertiary/aromatic N) is 1. The molecule has 0 spiro atoms. The molecule has 0 radical (unpaired) electrons.